The van der Waals surface area contributed by atoms with Crippen molar-refractivity contribution in [2.75, 3.05) is 27.7 Å². The summed E-state index contributed by atoms with van der Waals surface area (Å²) < 4.78 is 5.30. The monoisotopic (exact) mass is 377 g/mol. The number of benzene rings is 1. The van der Waals surface area contributed by atoms with Gasteiger partial charge in [0, 0.05) is 13.0 Å². The summed E-state index contributed by atoms with van der Waals surface area (Å²) >= 11 is 0. The molecule has 0 spiro atoms. The normalized spacial score (nSPS) is 13.6. The number of hydrogen-bond acceptors (Lipinski definition) is 4. The lowest BCUT2D eigenvalue weighted by Crippen LogP contribution is -2.51. The molecule has 6 nitrogen and oxygen atoms in total. The lowest BCUT2D eigenvalue weighted by atomic mass is 10.0. The molecule has 0 radical (unpaired) electrons. The number of likely N-dealkylation sites (N-methyl/N-ethyl adjacent to an activating group) is 1. The zero-order chi connectivity index (χ0) is 20.6. The Hall–Kier alpha value is -2.08. The lowest BCUT2D eigenvalue weighted by Gasteiger charge is -2.28. The van der Waals surface area contributed by atoms with Crippen molar-refractivity contribution < 1.29 is 14.3 Å². The van der Waals surface area contributed by atoms with Gasteiger partial charge in [0.25, 0.3) is 0 Å². The minimum Gasteiger partial charge on any atom is -0.497 e. The highest BCUT2D eigenvalue weighted by atomic mass is 16.5. The van der Waals surface area contributed by atoms with E-state index in [0.29, 0.717) is 13.0 Å². The van der Waals surface area contributed by atoms with Crippen molar-refractivity contribution in [3.63, 3.8) is 0 Å². The molecular weight excluding hydrogens is 342 g/mol. The molecule has 0 aromatic heterocycles. The van der Waals surface area contributed by atoms with Gasteiger partial charge in [-0.25, -0.2) is 0 Å². The van der Waals surface area contributed by atoms with Crippen LogP contribution in [0.3, 0.4) is 0 Å². The molecule has 0 bridgehead atoms. The van der Waals surface area contributed by atoms with E-state index in [0.717, 1.165) is 11.3 Å². The summed E-state index contributed by atoms with van der Waals surface area (Å²) in [5.41, 5.74) is 1.06. The fourth-order valence-corrected chi connectivity index (χ4v) is 2.89. The van der Waals surface area contributed by atoms with Crippen molar-refractivity contribution in [3.8, 4) is 5.75 Å². The van der Waals surface area contributed by atoms with E-state index in [1.807, 2.05) is 66.1 Å². The van der Waals surface area contributed by atoms with Gasteiger partial charge in [0.15, 0.2) is 0 Å². The quantitative estimate of drug-likeness (QED) is 0.658. The number of rotatable bonds is 10. The second kappa shape index (κ2) is 10.9. The van der Waals surface area contributed by atoms with E-state index in [1.54, 1.807) is 7.11 Å². The van der Waals surface area contributed by atoms with Crippen molar-refractivity contribution >= 4 is 11.8 Å². The number of carbonyl (C=O) groups excluding carboxylic acids is 2. The van der Waals surface area contributed by atoms with Gasteiger partial charge in [-0.3, -0.25) is 9.59 Å². The minimum atomic E-state index is -0.538. The summed E-state index contributed by atoms with van der Waals surface area (Å²) in [4.78, 5) is 26.9. The second-order valence-corrected chi connectivity index (χ2v) is 7.89. The van der Waals surface area contributed by atoms with E-state index in [1.165, 1.54) is 0 Å². The fraction of sp³-hybridized carbons (Fsp3) is 0.619. The first-order valence-electron chi connectivity index (χ1n) is 9.53. The molecule has 0 heterocycles. The SMILES string of the molecule is COc1cccc(C(CNC(=O)C(NC(=O)CC(C)C)C(C)C)N(C)C)c1. The third-order valence-corrected chi connectivity index (χ3v) is 4.43. The zero-order valence-electron chi connectivity index (χ0n) is 17.7. The summed E-state index contributed by atoms with van der Waals surface area (Å²) in [6.07, 6.45) is 0.417. The van der Waals surface area contributed by atoms with Crippen LogP contribution in [0.5, 0.6) is 5.75 Å². The van der Waals surface area contributed by atoms with E-state index in [4.69, 9.17) is 4.74 Å². The molecule has 1 aromatic rings. The van der Waals surface area contributed by atoms with Gasteiger partial charge in [-0.2, -0.15) is 0 Å². The molecule has 6 heteroatoms. The van der Waals surface area contributed by atoms with Crippen LogP contribution < -0.4 is 15.4 Å². The van der Waals surface area contributed by atoms with Crippen LogP contribution in [-0.4, -0.2) is 50.5 Å². The van der Waals surface area contributed by atoms with Gasteiger partial charge in [-0.05, 0) is 43.6 Å². The van der Waals surface area contributed by atoms with Crippen LogP contribution in [0.2, 0.25) is 0 Å². The Labute approximate surface area is 163 Å². The third-order valence-electron chi connectivity index (χ3n) is 4.43. The van der Waals surface area contributed by atoms with E-state index in [9.17, 15) is 9.59 Å². The largest absolute Gasteiger partial charge is 0.497 e. The van der Waals surface area contributed by atoms with E-state index < -0.39 is 6.04 Å². The maximum Gasteiger partial charge on any atom is 0.242 e. The van der Waals surface area contributed by atoms with Gasteiger partial charge in [0.2, 0.25) is 11.8 Å². The zero-order valence-corrected chi connectivity index (χ0v) is 17.7. The topological polar surface area (TPSA) is 70.7 Å². The van der Waals surface area contributed by atoms with Gasteiger partial charge in [-0.15, -0.1) is 0 Å². The summed E-state index contributed by atoms with van der Waals surface area (Å²) in [6, 6.07) is 7.29. The summed E-state index contributed by atoms with van der Waals surface area (Å²) in [6.45, 7) is 8.29. The molecular formula is C21H35N3O3. The van der Waals surface area contributed by atoms with E-state index in [-0.39, 0.29) is 29.7 Å². The van der Waals surface area contributed by atoms with Crippen molar-refractivity contribution in [2.24, 2.45) is 11.8 Å². The Morgan fingerprint density at radius 1 is 1.15 bits per heavy atom. The molecule has 1 aromatic carbocycles. The van der Waals surface area contributed by atoms with Gasteiger partial charge in [0.1, 0.15) is 11.8 Å². The van der Waals surface area contributed by atoms with Crippen LogP contribution in [0.25, 0.3) is 0 Å². The first kappa shape index (κ1) is 23.0. The number of ether oxygens (including phenoxy) is 1. The number of amides is 2. The molecule has 27 heavy (non-hydrogen) atoms. The molecule has 1 rings (SSSR count). The standard InChI is InChI=1S/C21H35N3O3/c1-14(2)11-19(25)23-20(15(3)4)21(26)22-13-18(24(5)6)16-9-8-10-17(12-16)27-7/h8-10,12,14-15,18,20H,11,13H2,1-7H3,(H,22,26)(H,23,25). The highest BCUT2D eigenvalue weighted by molar-refractivity contribution is 5.87. The molecule has 2 unspecified atom stereocenters. The smallest absolute Gasteiger partial charge is 0.242 e. The molecule has 0 saturated heterocycles. The molecule has 2 amide bonds. The third kappa shape index (κ3) is 7.59. The summed E-state index contributed by atoms with van der Waals surface area (Å²) in [5.74, 6) is 0.808. The first-order chi connectivity index (χ1) is 12.6. The van der Waals surface area contributed by atoms with Gasteiger partial charge in [0.05, 0.1) is 13.2 Å². The van der Waals surface area contributed by atoms with Crippen LogP contribution in [0.1, 0.15) is 45.7 Å². The van der Waals surface area contributed by atoms with Crippen molar-refractivity contribution in [2.45, 2.75) is 46.2 Å². The van der Waals surface area contributed by atoms with Crippen LogP contribution in [0.4, 0.5) is 0 Å². The molecule has 152 valence electrons. The Morgan fingerprint density at radius 3 is 2.33 bits per heavy atom. The number of nitrogens with one attached hydrogen (secondary N) is 2. The number of methoxy groups -OCH3 is 1. The molecule has 0 aliphatic heterocycles. The minimum absolute atomic E-state index is 0.00299. The number of hydrogen-bond donors (Lipinski definition) is 2. The molecule has 0 saturated carbocycles. The predicted octanol–water partition coefficient (Wildman–Crippen LogP) is 2.60. The molecule has 2 N–H and O–H groups in total. The molecule has 2 atom stereocenters. The Kier molecular flexibility index (Phi) is 9.29. The van der Waals surface area contributed by atoms with Crippen LogP contribution >= 0.6 is 0 Å². The average molecular weight is 378 g/mol. The maximum absolute atomic E-state index is 12.7. The molecule has 0 aliphatic carbocycles. The number of nitrogens with zero attached hydrogens (tertiary/aromatic N) is 1. The van der Waals surface area contributed by atoms with Gasteiger partial charge >= 0.3 is 0 Å². The van der Waals surface area contributed by atoms with Crippen molar-refractivity contribution in [1.29, 1.82) is 0 Å². The Bertz CT molecular complexity index is 614. The molecule has 0 aliphatic rings. The summed E-state index contributed by atoms with van der Waals surface area (Å²) in [7, 11) is 5.58. The number of carbonyl (C=O) groups is 2. The lowest BCUT2D eigenvalue weighted by molar-refractivity contribution is -0.130. The maximum atomic E-state index is 12.7. The fourth-order valence-electron chi connectivity index (χ4n) is 2.89. The van der Waals surface area contributed by atoms with Gasteiger partial charge in [-0.1, -0.05) is 39.8 Å². The Morgan fingerprint density at radius 2 is 1.81 bits per heavy atom. The second-order valence-electron chi connectivity index (χ2n) is 7.89. The van der Waals surface area contributed by atoms with E-state index in [2.05, 4.69) is 15.5 Å². The molecule has 0 fully saturated rings. The van der Waals surface area contributed by atoms with Crippen LogP contribution in [0, 0.1) is 11.8 Å². The highest BCUT2D eigenvalue weighted by Crippen LogP contribution is 2.22. The van der Waals surface area contributed by atoms with Gasteiger partial charge < -0.3 is 20.3 Å². The summed E-state index contributed by atoms with van der Waals surface area (Å²) in [5, 5.41) is 5.88. The first-order valence-corrected chi connectivity index (χ1v) is 9.53. The highest BCUT2D eigenvalue weighted by Gasteiger charge is 2.25. The van der Waals surface area contributed by atoms with E-state index >= 15 is 0 Å². The Balaban J connectivity index is 2.80. The average Bonchev–Trinajstić information content (AvgIpc) is 2.58. The van der Waals surface area contributed by atoms with Crippen LogP contribution in [-0.2, 0) is 9.59 Å². The van der Waals surface area contributed by atoms with Crippen molar-refractivity contribution in [3.05, 3.63) is 29.8 Å². The predicted molar refractivity (Wildman–Crippen MR) is 109 cm³/mol. The van der Waals surface area contributed by atoms with Crippen LogP contribution in [0.15, 0.2) is 24.3 Å². The van der Waals surface area contributed by atoms with Crippen molar-refractivity contribution in [1.82, 2.24) is 15.5 Å².